The van der Waals surface area contributed by atoms with Gasteiger partial charge in [-0.2, -0.15) is 4.31 Å². The smallest absolute Gasteiger partial charge is 0.227 e. The molecule has 6 nitrogen and oxygen atoms in total. The lowest BCUT2D eigenvalue weighted by Crippen LogP contribution is -2.51. The van der Waals surface area contributed by atoms with E-state index in [9.17, 15) is 13.2 Å². The summed E-state index contributed by atoms with van der Waals surface area (Å²) >= 11 is 0. The zero-order valence-corrected chi connectivity index (χ0v) is 16.3. The number of amides is 1. The maximum Gasteiger partial charge on any atom is 0.227 e. The molecule has 0 unspecified atom stereocenters. The molecule has 7 heteroatoms. The van der Waals surface area contributed by atoms with Crippen LogP contribution in [0.1, 0.15) is 37.8 Å². The van der Waals surface area contributed by atoms with Gasteiger partial charge in [-0.3, -0.25) is 4.79 Å². The standard InChI is InChI=1S/C18H28N2O4S/c1-5-25(22,23)20-10-8-19(9-11-20)18(21)13-16-7-6-15(14(2)3)12-17(16)24-4/h6-7,12,14H,5,8-11,13H2,1-4H3. The molecule has 0 N–H and O–H groups in total. The molecule has 1 aromatic carbocycles. The van der Waals surface area contributed by atoms with Gasteiger partial charge in [0, 0.05) is 31.7 Å². The number of rotatable bonds is 6. The van der Waals surface area contributed by atoms with Crippen LogP contribution in [0.25, 0.3) is 0 Å². The van der Waals surface area contributed by atoms with Crippen molar-refractivity contribution in [2.24, 2.45) is 0 Å². The highest BCUT2D eigenvalue weighted by molar-refractivity contribution is 7.89. The Labute approximate surface area is 150 Å². The predicted octanol–water partition coefficient (Wildman–Crippen LogP) is 1.85. The number of benzene rings is 1. The maximum atomic E-state index is 12.6. The van der Waals surface area contributed by atoms with E-state index in [1.54, 1.807) is 18.9 Å². The lowest BCUT2D eigenvalue weighted by molar-refractivity contribution is -0.131. The fourth-order valence-corrected chi connectivity index (χ4v) is 4.02. The summed E-state index contributed by atoms with van der Waals surface area (Å²) in [5.41, 5.74) is 2.03. The van der Waals surface area contributed by atoms with E-state index < -0.39 is 10.0 Å². The predicted molar refractivity (Wildman–Crippen MR) is 98.4 cm³/mol. The molecule has 0 atom stereocenters. The number of sulfonamides is 1. The second-order valence-corrected chi connectivity index (χ2v) is 8.84. The Hall–Kier alpha value is -1.60. The molecule has 1 amide bonds. The molecule has 1 aliphatic rings. The summed E-state index contributed by atoms with van der Waals surface area (Å²) in [6.07, 6.45) is 0.266. The molecule has 0 aliphatic carbocycles. The Morgan fingerprint density at radius 1 is 1.20 bits per heavy atom. The lowest BCUT2D eigenvalue weighted by atomic mass is 9.99. The van der Waals surface area contributed by atoms with Crippen molar-refractivity contribution in [1.29, 1.82) is 0 Å². The SMILES string of the molecule is CCS(=O)(=O)N1CCN(C(=O)Cc2ccc(C(C)C)cc2OC)CC1. The van der Waals surface area contributed by atoms with E-state index in [0.717, 1.165) is 11.3 Å². The van der Waals surface area contributed by atoms with Gasteiger partial charge in [0.05, 0.1) is 19.3 Å². The molecule has 1 aromatic rings. The number of hydrogen-bond donors (Lipinski definition) is 0. The summed E-state index contributed by atoms with van der Waals surface area (Å²) in [6.45, 7) is 7.47. The van der Waals surface area contributed by atoms with Crippen LogP contribution in [0.4, 0.5) is 0 Å². The molecule has 0 radical (unpaired) electrons. The summed E-state index contributed by atoms with van der Waals surface area (Å²) in [5.74, 6) is 1.23. The molecule has 0 spiro atoms. The van der Waals surface area contributed by atoms with Crippen LogP contribution in [-0.4, -0.2) is 62.6 Å². The monoisotopic (exact) mass is 368 g/mol. The van der Waals surface area contributed by atoms with E-state index in [0.29, 0.717) is 32.1 Å². The van der Waals surface area contributed by atoms with E-state index in [-0.39, 0.29) is 18.1 Å². The van der Waals surface area contributed by atoms with Gasteiger partial charge in [0.2, 0.25) is 15.9 Å². The number of methoxy groups -OCH3 is 1. The Balaban J connectivity index is 2.02. The van der Waals surface area contributed by atoms with Crippen molar-refractivity contribution in [3.63, 3.8) is 0 Å². The van der Waals surface area contributed by atoms with E-state index >= 15 is 0 Å². The van der Waals surface area contributed by atoms with Crippen LogP contribution in [0.3, 0.4) is 0 Å². The van der Waals surface area contributed by atoms with E-state index in [1.807, 2.05) is 18.2 Å². The number of nitrogens with zero attached hydrogens (tertiary/aromatic N) is 2. The summed E-state index contributed by atoms with van der Waals surface area (Å²) in [7, 11) is -1.56. The zero-order valence-electron chi connectivity index (χ0n) is 15.5. The average Bonchev–Trinajstić information content (AvgIpc) is 2.61. The molecular formula is C18H28N2O4S. The lowest BCUT2D eigenvalue weighted by Gasteiger charge is -2.34. The highest BCUT2D eigenvalue weighted by atomic mass is 32.2. The highest BCUT2D eigenvalue weighted by Gasteiger charge is 2.27. The van der Waals surface area contributed by atoms with Crippen molar-refractivity contribution in [3.05, 3.63) is 29.3 Å². The van der Waals surface area contributed by atoms with Crippen molar-refractivity contribution in [3.8, 4) is 5.75 Å². The van der Waals surface area contributed by atoms with Gasteiger partial charge in [0.15, 0.2) is 0 Å². The van der Waals surface area contributed by atoms with Gasteiger partial charge < -0.3 is 9.64 Å². The summed E-state index contributed by atoms with van der Waals surface area (Å²) in [4.78, 5) is 14.3. The summed E-state index contributed by atoms with van der Waals surface area (Å²) < 4.78 is 30.7. The molecule has 0 bridgehead atoms. The Morgan fingerprint density at radius 3 is 2.36 bits per heavy atom. The van der Waals surface area contributed by atoms with Crippen LogP contribution >= 0.6 is 0 Å². The van der Waals surface area contributed by atoms with Gasteiger partial charge in [0.1, 0.15) is 5.75 Å². The fraction of sp³-hybridized carbons (Fsp3) is 0.611. The van der Waals surface area contributed by atoms with Crippen molar-refractivity contribution in [2.45, 2.75) is 33.1 Å². The van der Waals surface area contributed by atoms with Gasteiger partial charge >= 0.3 is 0 Å². The quantitative estimate of drug-likeness (QED) is 0.769. The number of piperazine rings is 1. The van der Waals surface area contributed by atoms with Crippen LogP contribution < -0.4 is 4.74 Å². The second kappa shape index (κ2) is 8.19. The number of ether oxygens (including phenoxy) is 1. The fourth-order valence-electron chi connectivity index (χ4n) is 2.94. The minimum Gasteiger partial charge on any atom is -0.496 e. The molecule has 0 saturated carbocycles. The third kappa shape index (κ3) is 4.73. The first-order valence-electron chi connectivity index (χ1n) is 8.71. The Kier molecular flexibility index (Phi) is 6.46. The molecule has 1 fully saturated rings. The van der Waals surface area contributed by atoms with Gasteiger partial charge in [-0.15, -0.1) is 0 Å². The normalized spacial score (nSPS) is 16.3. The topological polar surface area (TPSA) is 66.9 Å². The van der Waals surface area contributed by atoms with Crippen LogP contribution in [0.15, 0.2) is 18.2 Å². The Morgan fingerprint density at radius 2 is 1.84 bits per heavy atom. The van der Waals surface area contributed by atoms with Crippen molar-refractivity contribution < 1.29 is 17.9 Å². The first-order valence-corrected chi connectivity index (χ1v) is 10.3. The van der Waals surface area contributed by atoms with Gasteiger partial charge in [0.25, 0.3) is 0 Å². The first-order chi connectivity index (χ1) is 11.8. The first kappa shape index (κ1) is 19.7. The third-order valence-electron chi connectivity index (χ3n) is 4.67. The van der Waals surface area contributed by atoms with E-state index in [1.165, 1.54) is 9.87 Å². The van der Waals surface area contributed by atoms with Crippen LogP contribution in [0, 0.1) is 0 Å². The molecule has 2 rings (SSSR count). The van der Waals surface area contributed by atoms with E-state index in [2.05, 4.69) is 13.8 Å². The Bertz CT molecular complexity index is 708. The van der Waals surface area contributed by atoms with Crippen LogP contribution in [0.2, 0.25) is 0 Å². The van der Waals surface area contributed by atoms with Crippen molar-refractivity contribution >= 4 is 15.9 Å². The molecule has 1 heterocycles. The number of carbonyl (C=O) groups is 1. The minimum atomic E-state index is -3.18. The zero-order chi connectivity index (χ0) is 18.6. The summed E-state index contributed by atoms with van der Waals surface area (Å²) in [5, 5.41) is 0. The molecular weight excluding hydrogens is 340 g/mol. The van der Waals surface area contributed by atoms with Crippen LogP contribution in [-0.2, 0) is 21.2 Å². The van der Waals surface area contributed by atoms with Gasteiger partial charge in [-0.25, -0.2) is 8.42 Å². The second-order valence-electron chi connectivity index (χ2n) is 6.58. The van der Waals surface area contributed by atoms with Gasteiger partial charge in [-0.05, 0) is 24.5 Å². The maximum absolute atomic E-state index is 12.6. The van der Waals surface area contributed by atoms with Crippen molar-refractivity contribution in [1.82, 2.24) is 9.21 Å². The number of carbonyl (C=O) groups excluding carboxylic acids is 1. The average molecular weight is 368 g/mol. The van der Waals surface area contributed by atoms with Crippen molar-refractivity contribution in [2.75, 3.05) is 39.0 Å². The van der Waals surface area contributed by atoms with E-state index in [4.69, 9.17) is 4.74 Å². The van der Waals surface area contributed by atoms with Crippen LogP contribution in [0.5, 0.6) is 5.75 Å². The molecule has 0 aromatic heterocycles. The molecule has 25 heavy (non-hydrogen) atoms. The number of hydrogen-bond acceptors (Lipinski definition) is 4. The largest absolute Gasteiger partial charge is 0.496 e. The molecule has 1 aliphatic heterocycles. The third-order valence-corrected chi connectivity index (χ3v) is 6.55. The molecule has 140 valence electrons. The summed E-state index contributed by atoms with van der Waals surface area (Å²) in [6, 6.07) is 5.96. The minimum absolute atomic E-state index is 0.00384. The highest BCUT2D eigenvalue weighted by Crippen LogP contribution is 2.25. The molecule has 1 saturated heterocycles. The van der Waals surface area contributed by atoms with Gasteiger partial charge in [-0.1, -0.05) is 26.0 Å².